The maximum Gasteiger partial charge on any atom is 0.148 e. The smallest absolute Gasteiger partial charge is 0.148 e. The number of nitrogens with one attached hydrogen (secondary N) is 2. The van der Waals surface area contributed by atoms with Crippen molar-refractivity contribution < 1.29 is 5.11 Å². The van der Waals surface area contributed by atoms with E-state index in [9.17, 15) is 5.11 Å². The van der Waals surface area contributed by atoms with E-state index < -0.39 is 0 Å². The molecular weight excluding hydrogens is 266 g/mol. The topological polar surface area (TPSA) is 96.1 Å². The van der Waals surface area contributed by atoms with E-state index in [0.29, 0.717) is 11.7 Å². The molecule has 0 amide bonds. The van der Waals surface area contributed by atoms with Crippen molar-refractivity contribution in [2.24, 2.45) is 11.8 Å². The van der Waals surface area contributed by atoms with Gasteiger partial charge in [0, 0.05) is 17.5 Å². The molecule has 1 heterocycles. The fourth-order valence-corrected chi connectivity index (χ4v) is 2.64. The SMILES string of the molecule is Cc1c(NN)nc(C(C)(C)C)nc1NCC1CCC(O)C1. The molecule has 118 valence electrons. The van der Waals surface area contributed by atoms with Crippen LogP contribution in [0.15, 0.2) is 0 Å². The Balaban J connectivity index is 2.17. The van der Waals surface area contributed by atoms with Crippen LogP contribution in [0.2, 0.25) is 0 Å². The minimum atomic E-state index is -0.144. The summed E-state index contributed by atoms with van der Waals surface area (Å²) in [7, 11) is 0. The van der Waals surface area contributed by atoms with Gasteiger partial charge in [-0.3, -0.25) is 0 Å². The van der Waals surface area contributed by atoms with E-state index in [-0.39, 0.29) is 11.5 Å². The van der Waals surface area contributed by atoms with Crippen LogP contribution in [0, 0.1) is 12.8 Å². The van der Waals surface area contributed by atoms with Crippen molar-refractivity contribution in [2.45, 2.75) is 58.5 Å². The molecule has 1 aliphatic rings. The van der Waals surface area contributed by atoms with Crippen molar-refractivity contribution in [3.05, 3.63) is 11.4 Å². The number of aromatic nitrogens is 2. The minimum Gasteiger partial charge on any atom is -0.393 e. The van der Waals surface area contributed by atoms with E-state index in [0.717, 1.165) is 43.0 Å². The van der Waals surface area contributed by atoms with Crippen LogP contribution in [0.5, 0.6) is 0 Å². The fraction of sp³-hybridized carbons (Fsp3) is 0.733. The Bertz CT molecular complexity index is 498. The van der Waals surface area contributed by atoms with Gasteiger partial charge in [-0.15, -0.1) is 0 Å². The number of aliphatic hydroxyl groups is 1. The van der Waals surface area contributed by atoms with E-state index in [2.05, 4.69) is 41.5 Å². The van der Waals surface area contributed by atoms with Gasteiger partial charge in [-0.2, -0.15) is 0 Å². The molecule has 6 nitrogen and oxygen atoms in total. The van der Waals surface area contributed by atoms with Crippen molar-refractivity contribution in [1.29, 1.82) is 0 Å². The molecule has 0 saturated heterocycles. The Morgan fingerprint density at radius 2 is 1.90 bits per heavy atom. The van der Waals surface area contributed by atoms with Gasteiger partial charge < -0.3 is 15.8 Å². The largest absolute Gasteiger partial charge is 0.393 e. The summed E-state index contributed by atoms with van der Waals surface area (Å²) in [5.41, 5.74) is 3.43. The van der Waals surface area contributed by atoms with E-state index in [1.54, 1.807) is 0 Å². The van der Waals surface area contributed by atoms with Crippen molar-refractivity contribution in [2.75, 3.05) is 17.3 Å². The summed E-state index contributed by atoms with van der Waals surface area (Å²) in [5, 5.41) is 13.0. The molecule has 2 rings (SSSR count). The number of rotatable bonds is 4. The first-order valence-electron chi connectivity index (χ1n) is 7.59. The molecule has 1 aromatic rings. The molecule has 0 bridgehead atoms. The van der Waals surface area contributed by atoms with E-state index in [1.165, 1.54) is 0 Å². The number of nitrogens with zero attached hydrogens (tertiary/aromatic N) is 2. The van der Waals surface area contributed by atoms with Gasteiger partial charge in [0.2, 0.25) is 0 Å². The summed E-state index contributed by atoms with van der Waals surface area (Å²) in [6.07, 6.45) is 2.69. The Morgan fingerprint density at radius 3 is 2.43 bits per heavy atom. The Kier molecular flexibility index (Phi) is 4.68. The van der Waals surface area contributed by atoms with Crippen LogP contribution >= 0.6 is 0 Å². The van der Waals surface area contributed by atoms with E-state index in [1.807, 2.05) is 6.92 Å². The van der Waals surface area contributed by atoms with Crippen LogP contribution in [-0.2, 0) is 5.41 Å². The average Bonchev–Trinajstić information content (AvgIpc) is 2.82. The van der Waals surface area contributed by atoms with Gasteiger partial charge in [0.15, 0.2) is 0 Å². The molecule has 1 saturated carbocycles. The Hall–Kier alpha value is -1.40. The van der Waals surface area contributed by atoms with Crippen LogP contribution < -0.4 is 16.6 Å². The van der Waals surface area contributed by atoms with Crippen molar-refractivity contribution in [3.63, 3.8) is 0 Å². The summed E-state index contributed by atoms with van der Waals surface area (Å²) in [6, 6.07) is 0. The van der Waals surface area contributed by atoms with Gasteiger partial charge >= 0.3 is 0 Å². The molecule has 0 aromatic carbocycles. The van der Waals surface area contributed by atoms with Gasteiger partial charge in [-0.1, -0.05) is 20.8 Å². The van der Waals surface area contributed by atoms with Crippen LogP contribution in [0.4, 0.5) is 11.6 Å². The lowest BCUT2D eigenvalue weighted by molar-refractivity contribution is 0.178. The molecule has 1 aromatic heterocycles. The molecule has 0 aliphatic heterocycles. The summed E-state index contributed by atoms with van der Waals surface area (Å²) >= 11 is 0. The summed E-state index contributed by atoms with van der Waals surface area (Å²) in [4.78, 5) is 9.14. The normalized spacial score (nSPS) is 22.4. The number of nitrogen functional groups attached to an aromatic ring is 1. The lowest BCUT2D eigenvalue weighted by Gasteiger charge is -2.21. The van der Waals surface area contributed by atoms with E-state index in [4.69, 9.17) is 5.84 Å². The molecule has 1 aliphatic carbocycles. The fourth-order valence-electron chi connectivity index (χ4n) is 2.64. The molecule has 21 heavy (non-hydrogen) atoms. The zero-order chi connectivity index (χ0) is 15.6. The number of hydrazine groups is 1. The molecule has 0 spiro atoms. The molecule has 0 radical (unpaired) electrons. The van der Waals surface area contributed by atoms with Gasteiger partial charge in [0.05, 0.1) is 6.10 Å². The van der Waals surface area contributed by atoms with Crippen LogP contribution in [-0.4, -0.2) is 27.7 Å². The summed E-state index contributed by atoms with van der Waals surface area (Å²) < 4.78 is 0. The van der Waals surface area contributed by atoms with E-state index >= 15 is 0 Å². The Morgan fingerprint density at radius 1 is 1.24 bits per heavy atom. The van der Waals surface area contributed by atoms with Crippen LogP contribution in [0.1, 0.15) is 51.4 Å². The van der Waals surface area contributed by atoms with Gasteiger partial charge in [-0.25, -0.2) is 15.8 Å². The van der Waals surface area contributed by atoms with Crippen molar-refractivity contribution in [3.8, 4) is 0 Å². The van der Waals surface area contributed by atoms with Crippen LogP contribution in [0.3, 0.4) is 0 Å². The summed E-state index contributed by atoms with van der Waals surface area (Å²) in [6.45, 7) is 9.01. The third kappa shape index (κ3) is 3.83. The molecule has 2 unspecified atom stereocenters. The predicted octanol–water partition coefficient (Wildman–Crippen LogP) is 1.94. The highest BCUT2D eigenvalue weighted by molar-refractivity contribution is 5.57. The monoisotopic (exact) mass is 293 g/mol. The van der Waals surface area contributed by atoms with Gasteiger partial charge in [0.25, 0.3) is 0 Å². The average molecular weight is 293 g/mol. The van der Waals surface area contributed by atoms with Gasteiger partial charge in [0.1, 0.15) is 17.5 Å². The number of anilines is 2. The second-order valence-electron chi connectivity index (χ2n) is 6.98. The molecule has 5 N–H and O–H groups in total. The number of aliphatic hydroxyl groups excluding tert-OH is 1. The number of hydrogen-bond donors (Lipinski definition) is 4. The second kappa shape index (κ2) is 6.15. The van der Waals surface area contributed by atoms with Crippen LogP contribution in [0.25, 0.3) is 0 Å². The number of nitrogens with two attached hydrogens (primary N) is 1. The second-order valence-corrected chi connectivity index (χ2v) is 6.98. The molecule has 6 heteroatoms. The standard InChI is InChI=1S/C15H27N5O/c1-9-12(17-8-10-5-6-11(21)7-10)18-14(15(2,3)4)19-13(9)20-16/h10-11,21H,5-8,16H2,1-4H3,(H2,17,18,19,20). The highest BCUT2D eigenvalue weighted by Gasteiger charge is 2.24. The van der Waals surface area contributed by atoms with Crippen molar-refractivity contribution >= 4 is 11.6 Å². The van der Waals surface area contributed by atoms with Crippen molar-refractivity contribution in [1.82, 2.24) is 9.97 Å². The third-order valence-electron chi connectivity index (χ3n) is 4.03. The lowest BCUT2D eigenvalue weighted by Crippen LogP contribution is -2.22. The zero-order valence-corrected chi connectivity index (χ0v) is 13.4. The maximum atomic E-state index is 9.60. The predicted molar refractivity (Wildman–Crippen MR) is 85.1 cm³/mol. The Labute approximate surface area is 126 Å². The minimum absolute atomic E-state index is 0.140. The molecular formula is C15H27N5O. The highest BCUT2D eigenvalue weighted by Crippen LogP contribution is 2.28. The quantitative estimate of drug-likeness (QED) is 0.500. The first-order valence-corrected chi connectivity index (χ1v) is 7.59. The maximum absolute atomic E-state index is 9.60. The van der Waals surface area contributed by atoms with Gasteiger partial charge in [-0.05, 0) is 32.1 Å². The molecule has 1 fully saturated rings. The lowest BCUT2D eigenvalue weighted by atomic mass is 9.95. The highest BCUT2D eigenvalue weighted by atomic mass is 16.3. The zero-order valence-electron chi connectivity index (χ0n) is 13.4. The summed E-state index contributed by atoms with van der Waals surface area (Å²) in [5.74, 6) is 8.31. The number of hydrogen-bond acceptors (Lipinski definition) is 6. The molecule has 2 atom stereocenters. The third-order valence-corrected chi connectivity index (χ3v) is 4.03. The first-order chi connectivity index (χ1) is 9.81. The first kappa shape index (κ1) is 16.0.